The van der Waals surface area contributed by atoms with Gasteiger partial charge in [0.2, 0.25) is 6.29 Å². The molecule has 0 aromatic rings. The van der Waals surface area contributed by atoms with Gasteiger partial charge in [0.1, 0.15) is 0 Å². The zero-order chi connectivity index (χ0) is 16.0. The van der Waals surface area contributed by atoms with Crippen LogP contribution in [0.4, 0.5) is 0 Å². The van der Waals surface area contributed by atoms with Crippen LogP contribution in [0, 0.1) is 11.8 Å². The zero-order valence-electron chi connectivity index (χ0n) is 14.8. The van der Waals surface area contributed by atoms with Crippen LogP contribution < -0.4 is 0 Å². The highest BCUT2D eigenvalue weighted by Gasteiger charge is 2.29. The molecule has 0 fully saturated rings. The van der Waals surface area contributed by atoms with Crippen molar-refractivity contribution in [1.29, 1.82) is 0 Å². The molecule has 0 amide bonds. The molecule has 0 aromatic carbocycles. The van der Waals surface area contributed by atoms with Gasteiger partial charge in [0, 0.05) is 5.92 Å². The molecule has 0 aliphatic heterocycles. The summed E-state index contributed by atoms with van der Waals surface area (Å²) in [7, 11) is 0. The molecule has 20 heavy (non-hydrogen) atoms. The van der Waals surface area contributed by atoms with E-state index in [0.717, 1.165) is 12.8 Å². The van der Waals surface area contributed by atoms with E-state index in [1.54, 1.807) is 0 Å². The predicted molar refractivity (Wildman–Crippen MR) is 80.9 cm³/mol. The SMILES string of the molecule is CCCC(C)C(C)C(OOC(C)(C)C)OOC(C)(C)C. The van der Waals surface area contributed by atoms with Gasteiger partial charge in [0.15, 0.2) is 0 Å². The Morgan fingerprint density at radius 3 is 1.50 bits per heavy atom. The van der Waals surface area contributed by atoms with Crippen LogP contribution in [0.3, 0.4) is 0 Å². The van der Waals surface area contributed by atoms with Gasteiger partial charge in [-0.3, -0.25) is 0 Å². The Kier molecular flexibility index (Phi) is 8.26. The van der Waals surface area contributed by atoms with Crippen molar-refractivity contribution >= 4 is 0 Å². The van der Waals surface area contributed by atoms with Crippen LogP contribution >= 0.6 is 0 Å². The summed E-state index contributed by atoms with van der Waals surface area (Å²) in [5.74, 6) is 0.650. The van der Waals surface area contributed by atoms with Crippen LogP contribution in [-0.2, 0) is 19.6 Å². The van der Waals surface area contributed by atoms with E-state index in [0.29, 0.717) is 5.92 Å². The molecule has 4 heteroatoms. The Labute approximate surface area is 125 Å². The van der Waals surface area contributed by atoms with Crippen molar-refractivity contribution in [2.45, 2.75) is 92.6 Å². The van der Waals surface area contributed by atoms with Gasteiger partial charge in [-0.15, -0.1) is 0 Å². The number of hydrogen-bond acceptors (Lipinski definition) is 4. The second kappa shape index (κ2) is 8.32. The highest BCUT2D eigenvalue weighted by molar-refractivity contribution is 4.65. The summed E-state index contributed by atoms with van der Waals surface area (Å²) in [6.07, 6.45) is 1.73. The third-order valence-corrected chi connectivity index (χ3v) is 2.86. The number of hydrogen-bond donors (Lipinski definition) is 0. The monoisotopic (exact) mass is 290 g/mol. The summed E-state index contributed by atoms with van der Waals surface area (Å²) in [5, 5.41) is 0. The maximum Gasteiger partial charge on any atom is 0.227 e. The van der Waals surface area contributed by atoms with Crippen molar-refractivity contribution in [3.05, 3.63) is 0 Å². The van der Waals surface area contributed by atoms with Gasteiger partial charge >= 0.3 is 0 Å². The lowest BCUT2D eigenvalue weighted by molar-refractivity contribution is -0.507. The largest absolute Gasteiger partial charge is 0.228 e. The summed E-state index contributed by atoms with van der Waals surface area (Å²) in [6, 6.07) is 0. The average molecular weight is 290 g/mol. The summed E-state index contributed by atoms with van der Waals surface area (Å²) < 4.78 is 0. The molecular weight excluding hydrogens is 256 g/mol. The molecule has 2 atom stereocenters. The molecule has 0 aliphatic rings. The van der Waals surface area contributed by atoms with Crippen LogP contribution in [0.5, 0.6) is 0 Å². The van der Waals surface area contributed by atoms with E-state index in [1.807, 2.05) is 41.5 Å². The quantitative estimate of drug-likeness (QED) is 0.363. The molecule has 0 aliphatic carbocycles. The standard InChI is InChI=1S/C16H34O4/c1-10-11-12(2)13(3)14(17-19-15(4,5)6)18-20-16(7,8)9/h12-14H,10-11H2,1-9H3. The molecule has 0 radical (unpaired) electrons. The molecular formula is C16H34O4. The number of rotatable bonds is 8. The smallest absolute Gasteiger partial charge is 0.227 e. The Bertz CT molecular complexity index is 234. The molecule has 4 nitrogen and oxygen atoms in total. The topological polar surface area (TPSA) is 36.9 Å². The fraction of sp³-hybridized carbons (Fsp3) is 1.00. The molecule has 122 valence electrons. The fourth-order valence-electron chi connectivity index (χ4n) is 1.56. The lowest BCUT2D eigenvalue weighted by Gasteiger charge is -2.31. The van der Waals surface area contributed by atoms with E-state index < -0.39 is 6.29 Å². The first-order valence-corrected chi connectivity index (χ1v) is 7.65. The van der Waals surface area contributed by atoms with E-state index in [2.05, 4.69) is 20.8 Å². The van der Waals surface area contributed by atoms with Crippen molar-refractivity contribution in [2.24, 2.45) is 11.8 Å². The molecule has 0 rings (SSSR count). The van der Waals surface area contributed by atoms with Crippen LogP contribution in [0.1, 0.15) is 75.2 Å². The minimum atomic E-state index is -0.532. The summed E-state index contributed by atoms with van der Waals surface area (Å²) in [4.78, 5) is 21.8. The van der Waals surface area contributed by atoms with Gasteiger partial charge < -0.3 is 0 Å². The van der Waals surface area contributed by atoms with Gasteiger partial charge in [-0.2, -0.15) is 0 Å². The molecule has 0 aromatic heterocycles. The normalized spacial score (nSPS) is 16.5. The van der Waals surface area contributed by atoms with Gasteiger partial charge in [-0.05, 0) is 47.5 Å². The van der Waals surface area contributed by atoms with E-state index in [-0.39, 0.29) is 17.1 Å². The van der Waals surface area contributed by atoms with E-state index in [4.69, 9.17) is 19.6 Å². The molecule has 0 saturated heterocycles. The van der Waals surface area contributed by atoms with Gasteiger partial charge in [-0.1, -0.05) is 33.6 Å². The lowest BCUT2D eigenvalue weighted by Crippen LogP contribution is -2.35. The van der Waals surface area contributed by atoms with Crippen molar-refractivity contribution < 1.29 is 19.6 Å². The Balaban J connectivity index is 4.60. The van der Waals surface area contributed by atoms with Gasteiger partial charge in [0.25, 0.3) is 0 Å². The third-order valence-electron chi connectivity index (χ3n) is 2.86. The Hall–Kier alpha value is -0.160. The van der Waals surface area contributed by atoms with E-state index in [9.17, 15) is 0 Å². The fourth-order valence-corrected chi connectivity index (χ4v) is 1.56. The maximum absolute atomic E-state index is 5.48. The molecule has 2 unspecified atom stereocenters. The molecule has 0 spiro atoms. The lowest BCUT2D eigenvalue weighted by atomic mass is 9.91. The summed E-state index contributed by atoms with van der Waals surface area (Å²) >= 11 is 0. The first-order valence-electron chi connectivity index (χ1n) is 7.65. The summed E-state index contributed by atoms with van der Waals surface area (Å²) in [6.45, 7) is 18.1. The highest BCUT2D eigenvalue weighted by Crippen LogP contribution is 2.26. The molecule has 0 N–H and O–H groups in total. The molecule has 0 heterocycles. The van der Waals surface area contributed by atoms with E-state index >= 15 is 0 Å². The minimum Gasteiger partial charge on any atom is -0.228 e. The van der Waals surface area contributed by atoms with Crippen molar-refractivity contribution in [3.63, 3.8) is 0 Å². The van der Waals surface area contributed by atoms with Crippen LogP contribution in [0.2, 0.25) is 0 Å². The van der Waals surface area contributed by atoms with Crippen LogP contribution in [0.15, 0.2) is 0 Å². The first-order chi connectivity index (χ1) is 8.96. The van der Waals surface area contributed by atoms with Crippen molar-refractivity contribution in [2.75, 3.05) is 0 Å². The molecule has 0 saturated carbocycles. The predicted octanol–water partition coefficient (Wildman–Crippen LogP) is 4.88. The second-order valence-corrected chi connectivity index (χ2v) is 7.58. The zero-order valence-corrected chi connectivity index (χ0v) is 14.8. The van der Waals surface area contributed by atoms with Gasteiger partial charge in [-0.25, -0.2) is 19.6 Å². The van der Waals surface area contributed by atoms with Gasteiger partial charge in [0.05, 0.1) is 11.2 Å². The van der Waals surface area contributed by atoms with Crippen LogP contribution in [-0.4, -0.2) is 17.5 Å². The Morgan fingerprint density at radius 2 is 1.20 bits per heavy atom. The third kappa shape index (κ3) is 9.70. The van der Waals surface area contributed by atoms with Crippen LogP contribution in [0.25, 0.3) is 0 Å². The molecule has 0 bridgehead atoms. The van der Waals surface area contributed by atoms with Crippen molar-refractivity contribution in [3.8, 4) is 0 Å². The Morgan fingerprint density at radius 1 is 0.800 bits per heavy atom. The first kappa shape index (κ1) is 19.8. The average Bonchev–Trinajstić information content (AvgIpc) is 2.25. The van der Waals surface area contributed by atoms with E-state index in [1.165, 1.54) is 0 Å². The highest BCUT2D eigenvalue weighted by atomic mass is 17.3. The maximum atomic E-state index is 5.48. The summed E-state index contributed by atoms with van der Waals surface area (Å²) in [5.41, 5.74) is -0.756. The second-order valence-electron chi connectivity index (χ2n) is 7.58. The minimum absolute atomic E-state index is 0.180. The van der Waals surface area contributed by atoms with Crippen molar-refractivity contribution in [1.82, 2.24) is 0 Å².